The Bertz CT molecular complexity index is 479. The molecular formula is C14H18F2N2O. The molecule has 1 aliphatic heterocycles. The average molecular weight is 268 g/mol. The van der Waals surface area contributed by atoms with E-state index in [2.05, 4.69) is 5.32 Å². The molecule has 1 N–H and O–H groups in total. The number of likely N-dealkylation sites (tertiary alicyclic amines) is 1. The molecule has 0 aliphatic carbocycles. The second-order valence-corrected chi connectivity index (χ2v) is 5.06. The van der Waals surface area contributed by atoms with Crippen molar-refractivity contribution in [1.29, 1.82) is 0 Å². The van der Waals surface area contributed by atoms with Crippen LogP contribution in [0.4, 0.5) is 8.78 Å². The van der Waals surface area contributed by atoms with Gasteiger partial charge in [0.05, 0.1) is 0 Å². The Morgan fingerprint density at radius 3 is 2.79 bits per heavy atom. The lowest BCUT2D eigenvalue weighted by Crippen LogP contribution is -2.47. The van der Waals surface area contributed by atoms with Crippen LogP contribution in [0.15, 0.2) is 18.2 Å². The number of nitrogens with zero attached hydrogens (tertiary/aromatic N) is 1. The topological polar surface area (TPSA) is 32.3 Å². The molecule has 0 radical (unpaired) electrons. The fourth-order valence-corrected chi connectivity index (χ4v) is 2.44. The number of carbonyl (C=O) groups excluding carboxylic acids is 1. The van der Waals surface area contributed by atoms with Gasteiger partial charge in [0.25, 0.3) is 0 Å². The molecule has 1 aromatic rings. The van der Waals surface area contributed by atoms with Gasteiger partial charge in [0.15, 0.2) is 0 Å². The number of likely N-dealkylation sites (N-methyl/N-ethyl adjacent to an activating group) is 1. The number of benzene rings is 1. The van der Waals surface area contributed by atoms with E-state index in [1.807, 2.05) is 6.92 Å². The number of halogens is 2. The highest BCUT2D eigenvalue weighted by atomic mass is 19.1. The van der Waals surface area contributed by atoms with Crippen molar-refractivity contribution in [1.82, 2.24) is 10.2 Å². The molecule has 0 saturated carbocycles. The largest absolute Gasteiger partial charge is 0.344 e. The Hall–Kier alpha value is -1.49. The third-order valence-electron chi connectivity index (χ3n) is 3.54. The fourth-order valence-electron chi connectivity index (χ4n) is 2.44. The molecule has 1 fully saturated rings. The Kier molecular flexibility index (Phi) is 4.14. The second kappa shape index (κ2) is 5.65. The summed E-state index contributed by atoms with van der Waals surface area (Å²) >= 11 is 0. The SMILES string of the molecule is CC(NC1CCC(=O)N(C)C1)c1ccc(F)cc1F. The maximum absolute atomic E-state index is 13.6. The van der Waals surface area contributed by atoms with Crippen LogP contribution in [0.1, 0.15) is 31.4 Å². The zero-order chi connectivity index (χ0) is 14.0. The Labute approximate surface area is 111 Å². The van der Waals surface area contributed by atoms with Gasteiger partial charge in [0.1, 0.15) is 11.6 Å². The lowest BCUT2D eigenvalue weighted by molar-refractivity contribution is -0.132. The highest BCUT2D eigenvalue weighted by Gasteiger charge is 2.24. The van der Waals surface area contributed by atoms with Crippen molar-refractivity contribution in [3.63, 3.8) is 0 Å². The third-order valence-corrected chi connectivity index (χ3v) is 3.54. The van der Waals surface area contributed by atoms with Crippen molar-refractivity contribution in [3.8, 4) is 0 Å². The number of rotatable bonds is 3. The van der Waals surface area contributed by atoms with E-state index in [0.29, 0.717) is 18.5 Å². The van der Waals surface area contributed by atoms with E-state index in [9.17, 15) is 13.6 Å². The number of piperidine rings is 1. The highest BCUT2D eigenvalue weighted by molar-refractivity contribution is 5.76. The molecule has 2 unspecified atom stereocenters. The summed E-state index contributed by atoms with van der Waals surface area (Å²) in [5.74, 6) is -0.977. The molecule has 2 atom stereocenters. The van der Waals surface area contributed by atoms with Crippen LogP contribution >= 0.6 is 0 Å². The number of carbonyl (C=O) groups is 1. The molecule has 3 nitrogen and oxygen atoms in total. The Morgan fingerprint density at radius 2 is 2.16 bits per heavy atom. The van der Waals surface area contributed by atoms with E-state index in [4.69, 9.17) is 0 Å². The average Bonchev–Trinajstić information content (AvgIpc) is 2.33. The van der Waals surface area contributed by atoms with E-state index >= 15 is 0 Å². The van der Waals surface area contributed by atoms with Crippen molar-refractivity contribution >= 4 is 5.91 Å². The van der Waals surface area contributed by atoms with Gasteiger partial charge in [-0.2, -0.15) is 0 Å². The first kappa shape index (κ1) is 13.9. The molecule has 0 aromatic heterocycles. The van der Waals surface area contributed by atoms with Crippen molar-refractivity contribution < 1.29 is 13.6 Å². The molecule has 1 aromatic carbocycles. The van der Waals surface area contributed by atoms with Crippen LogP contribution in [0.3, 0.4) is 0 Å². The van der Waals surface area contributed by atoms with Crippen LogP contribution in [-0.4, -0.2) is 30.4 Å². The normalized spacial score (nSPS) is 21.6. The molecule has 104 valence electrons. The maximum atomic E-state index is 13.6. The molecular weight excluding hydrogens is 250 g/mol. The first-order chi connectivity index (χ1) is 8.97. The quantitative estimate of drug-likeness (QED) is 0.911. The number of hydrogen-bond acceptors (Lipinski definition) is 2. The summed E-state index contributed by atoms with van der Waals surface area (Å²) in [6.07, 6.45) is 1.25. The van der Waals surface area contributed by atoms with Gasteiger partial charge < -0.3 is 10.2 Å². The molecule has 1 saturated heterocycles. The van der Waals surface area contributed by atoms with Crippen LogP contribution in [0.25, 0.3) is 0 Å². The molecule has 0 spiro atoms. The van der Waals surface area contributed by atoms with E-state index in [-0.39, 0.29) is 18.0 Å². The van der Waals surface area contributed by atoms with Gasteiger partial charge in [0.2, 0.25) is 5.91 Å². The summed E-state index contributed by atoms with van der Waals surface area (Å²) in [6.45, 7) is 2.46. The molecule has 1 aliphatic rings. The predicted molar refractivity (Wildman–Crippen MR) is 68.6 cm³/mol. The number of hydrogen-bond donors (Lipinski definition) is 1. The van der Waals surface area contributed by atoms with Crippen LogP contribution in [0.2, 0.25) is 0 Å². The molecule has 5 heteroatoms. The minimum Gasteiger partial charge on any atom is -0.344 e. The van der Waals surface area contributed by atoms with Crippen LogP contribution in [-0.2, 0) is 4.79 Å². The van der Waals surface area contributed by atoms with E-state index < -0.39 is 11.6 Å². The highest BCUT2D eigenvalue weighted by Crippen LogP contribution is 2.20. The van der Waals surface area contributed by atoms with Gasteiger partial charge in [-0.05, 0) is 19.4 Å². The van der Waals surface area contributed by atoms with Crippen molar-refractivity contribution in [3.05, 3.63) is 35.4 Å². The van der Waals surface area contributed by atoms with Crippen LogP contribution in [0, 0.1) is 11.6 Å². The van der Waals surface area contributed by atoms with Crippen molar-refractivity contribution in [2.24, 2.45) is 0 Å². The van der Waals surface area contributed by atoms with E-state index in [0.717, 1.165) is 12.5 Å². The van der Waals surface area contributed by atoms with Gasteiger partial charge in [-0.3, -0.25) is 4.79 Å². The first-order valence-electron chi connectivity index (χ1n) is 6.42. The second-order valence-electron chi connectivity index (χ2n) is 5.06. The molecule has 1 amide bonds. The third kappa shape index (κ3) is 3.29. The zero-order valence-corrected chi connectivity index (χ0v) is 11.1. The smallest absolute Gasteiger partial charge is 0.222 e. The van der Waals surface area contributed by atoms with Crippen LogP contribution in [0.5, 0.6) is 0 Å². The maximum Gasteiger partial charge on any atom is 0.222 e. The molecule has 2 rings (SSSR count). The van der Waals surface area contributed by atoms with Crippen molar-refractivity contribution in [2.75, 3.05) is 13.6 Å². The Balaban J connectivity index is 2.01. The number of nitrogens with one attached hydrogen (secondary N) is 1. The summed E-state index contributed by atoms with van der Waals surface area (Å²) in [4.78, 5) is 13.1. The first-order valence-corrected chi connectivity index (χ1v) is 6.42. The minimum absolute atomic E-state index is 0.138. The van der Waals surface area contributed by atoms with Crippen LogP contribution < -0.4 is 5.32 Å². The summed E-state index contributed by atoms with van der Waals surface area (Å²) in [6, 6.07) is 3.53. The molecule has 0 bridgehead atoms. The van der Waals surface area contributed by atoms with Gasteiger partial charge in [-0.15, -0.1) is 0 Å². The molecule has 1 heterocycles. The predicted octanol–water partition coefficient (Wildman–Crippen LogP) is 2.24. The monoisotopic (exact) mass is 268 g/mol. The Morgan fingerprint density at radius 1 is 1.42 bits per heavy atom. The minimum atomic E-state index is -0.573. The summed E-state index contributed by atoms with van der Waals surface area (Å²) in [7, 11) is 1.76. The van der Waals surface area contributed by atoms with E-state index in [1.54, 1.807) is 11.9 Å². The van der Waals surface area contributed by atoms with Gasteiger partial charge in [0, 0.05) is 43.7 Å². The standard InChI is InChI=1S/C14H18F2N2O/c1-9(12-5-3-10(15)7-13(12)16)17-11-4-6-14(19)18(2)8-11/h3,5,7,9,11,17H,4,6,8H2,1-2H3. The van der Waals surface area contributed by atoms with Gasteiger partial charge >= 0.3 is 0 Å². The fraction of sp³-hybridized carbons (Fsp3) is 0.500. The van der Waals surface area contributed by atoms with E-state index in [1.165, 1.54) is 12.1 Å². The van der Waals surface area contributed by atoms with Gasteiger partial charge in [-0.25, -0.2) is 8.78 Å². The van der Waals surface area contributed by atoms with Crippen molar-refractivity contribution in [2.45, 2.75) is 31.8 Å². The summed E-state index contributed by atoms with van der Waals surface area (Å²) < 4.78 is 26.5. The van der Waals surface area contributed by atoms with Gasteiger partial charge in [-0.1, -0.05) is 6.07 Å². The lowest BCUT2D eigenvalue weighted by atomic mass is 10.0. The number of amides is 1. The summed E-state index contributed by atoms with van der Waals surface area (Å²) in [5.41, 5.74) is 0.445. The summed E-state index contributed by atoms with van der Waals surface area (Å²) in [5, 5.41) is 3.29. The lowest BCUT2D eigenvalue weighted by Gasteiger charge is -2.32. The molecule has 19 heavy (non-hydrogen) atoms. The zero-order valence-electron chi connectivity index (χ0n) is 11.1.